The molecule has 2 aromatic rings. The number of benzene rings is 2. The van der Waals surface area contributed by atoms with Gasteiger partial charge in [0.25, 0.3) is 0 Å². The molecule has 1 aliphatic rings. The molecular formula is C16H14ClNOS. The third-order valence-electron chi connectivity index (χ3n) is 3.20. The summed E-state index contributed by atoms with van der Waals surface area (Å²) in [6.07, 6.45) is 0. The molecule has 0 aromatic heterocycles. The average molecular weight is 304 g/mol. The Morgan fingerprint density at radius 1 is 1.10 bits per heavy atom. The fourth-order valence-electron chi connectivity index (χ4n) is 2.22. The lowest BCUT2D eigenvalue weighted by Gasteiger charge is -2.32. The molecule has 1 amide bonds. The molecule has 1 heterocycles. The summed E-state index contributed by atoms with van der Waals surface area (Å²) in [6.45, 7) is 3.83. The van der Waals surface area contributed by atoms with Crippen LogP contribution in [0, 0.1) is 5.92 Å². The molecule has 0 aliphatic carbocycles. The van der Waals surface area contributed by atoms with E-state index in [0.29, 0.717) is 5.02 Å². The number of fused-ring (bicyclic) bond motifs is 2. The first-order valence-electron chi connectivity index (χ1n) is 6.48. The van der Waals surface area contributed by atoms with Gasteiger partial charge in [-0.3, -0.25) is 9.69 Å². The van der Waals surface area contributed by atoms with E-state index in [0.717, 1.165) is 21.2 Å². The lowest BCUT2D eigenvalue weighted by atomic mass is 10.1. The van der Waals surface area contributed by atoms with E-state index in [1.54, 1.807) is 16.7 Å². The van der Waals surface area contributed by atoms with Crippen LogP contribution >= 0.6 is 23.4 Å². The number of carbonyl (C=O) groups excluding carboxylic acids is 1. The minimum absolute atomic E-state index is 0.0713. The van der Waals surface area contributed by atoms with Crippen LogP contribution in [0.4, 0.5) is 11.4 Å². The quantitative estimate of drug-likeness (QED) is 0.728. The molecule has 0 radical (unpaired) electrons. The lowest BCUT2D eigenvalue weighted by Crippen LogP contribution is -2.31. The molecule has 0 saturated heterocycles. The lowest BCUT2D eigenvalue weighted by molar-refractivity contribution is -0.120. The predicted molar refractivity (Wildman–Crippen MR) is 84.0 cm³/mol. The number of nitrogens with zero attached hydrogens (tertiary/aromatic N) is 1. The van der Waals surface area contributed by atoms with E-state index in [9.17, 15) is 4.79 Å². The number of anilines is 2. The van der Waals surface area contributed by atoms with E-state index in [2.05, 4.69) is 0 Å². The minimum Gasteiger partial charge on any atom is -0.278 e. The van der Waals surface area contributed by atoms with Crippen LogP contribution in [0.5, 0.6) is 0 Å². The van der Waals surface area contributed by atoms with Gasteiger partial charge in [0.15, 0.2) is 0 Å². The van der Waals surface area contributed by atoms with Crippen molar-refractivity contribution in [2.24, 2.45) is 5.92 Å². The minimum atomic E-state index is -0.0713. The van der Waals surface area contributed by atoms with E-state index >= 15 is 0 Å². The molecule has 2 nitrogen and oxygen atoms in total. The largest absolute Gasteiger partial charge is 0.278 e. The summed E-state index contributed by atoms with van der Waals surface area (Å²) in [5.74, 6) is 0.0132. The standard InChI is InChI=1S/C16H14ClNOS/c1-10(2)16(19)18-12-5-3-4-6-14(12)20-15-8-7-11(17)9-13(15)18/h3-10H,1-2H3. The molecule has 0 atom stereocenters. The van der Waals surface area contributed by atoms with Crippen LogP contribution in [-0.2, 0) is 4.79 Å². The zero-order chi connectivity index (χ0) is 14.3. The molecular weight excluding hydrogens is 290 g/mol. The van der Waals surface area contributed by atoms with Gasteiger partial charge in [0, 0.05) is 20.7 Å². The van der Waals surface area contributed by atoms with Crippen molar-refractivity contribution >= 4 is 40.6 Å². The molecule has 0 spiro atoms. The smallest absolute Gasteiger partial charge is 0.234 e. The van der Waals surface area contributed by atoms with Crippen molar-refractivity contribution in [1.82, 2.24) is 0 Å². The third kappa shape index (κ3) is 2.21. The Morgan fingerprint density at radius 3 is 2.55 bits per heavy atom. The molecule has 0 unspecified atom stereocenters. The number of hydrogen-bond acceptors (Lipinski definition) is 2. The average Bonchev–Trinajstić information content (AvgIpc) is 2.44. The summed E-state index contributed by atoms with van der Waals surface area (Å²) >= 11 is 7.78. The van der Waals surface area contributed by atoms with Crippen molar-refractivity contribution in [1.29, 1.82) is 0 Å². The summed E-state index contributed by atoms with van der Waals surface area (Å²) in [7, 11) is 0. The maximum Gasteiger partial charge on any atom is 0.234 e. The van der Waals surface area contributed by atoms with Gasteiger partial charge in [-0.25, -0.2) is 0 Å². The van der Waals surface area contributed by atoms with Gasteiger partial charge < -0.3 is 0 Å². The zero-order valence-electron chi connectivity index (χ0n) is 11.3. The maximum atomic E-state index is 12.6. The van der Waals surface area contributed by atoms with E-state index in [1.165, 1.54) is 0 Å². The molecule has 2 aromatic carbocycles. The van der Waals surface area contributed by atoms with Gasteiger partial charge in [-0.2, -0.15) is 0 Å². The molecule has 20 heavy (non-hydrogen) atoms. The van der Waals surface area contributed by atoms with Gasteiger partial charge in [-0.15, -0.1) is 0 Å². The van der Waals surface area contributed by atoms with Crippen LogP contribution < -0.4 is 4.90 Å². The van der Waals surface area contributed by atoms with Crippen LogP contribution in [0.3, 0.4) is 0 Å². The number of amides is 1. The summed E-state index contributed by atoms with van der Waals surface area (Å²) in [5, 5.41) is 0.644. The molecule has 1 aliphatic heterocycles. The van der Waals surface area contributed by atoms with E-state index < -0.39 is 0 Å². The van der Waals surface area contributed by atoms with E-state index in [1.807, 2.05) is 56.3 Å². The Hall–Kier alpha value is -1.45. The highest BCUT2D eigenvalue weighted by molar-refractivity contribution is 7.99. The van der Waals surface area contributed by atoms with E-state index in [-0.39, 0.29) is 11.8 Å². The number of rotatable bonds is 1. The highest BCUT2D eigenvalue weighted by Crippen LogP contribution is 2.49. The SMILES string of the molecule is CC(C)C(=O)N1c2ccccc2Sc2ccc(Cl)cc21. The van der Waals surface area contributed by atoms with Gasteiger partial charge >= 0.3 is 0 Å². The fraction of sp³-hybridized carbons (Fsp3) is 0.188. The Kier molecular flexibility index (Phi) is 3.48. The van der Waals surface area contributed by atoms with Gasteiger partial charge in [0.05, 0.1) is 11.4 Å². The Balaban J connectivity index is 2.21. The predicted octanol–water partition coefficient (Wildman–Crippen LogP) is 5.13. The number of halogens is 1. The highest BCUT2D eigenvalue weighted by Gasteiger charge is 2.29. The maximum absolute atomic E-state index is 12.6. The summed E-state index contributed by atoms with van der Waals surface area (Å²) in [4.78, 5) is 16.5. The Labute approximate surface area is 127 Å². The fourth-order valence-corrected chi connectivity index (χ4v) is 3.43. The molecule has 0 saturated carbocycles. The highest BCUT2D eigenvalue weighted by atomic mass is 35.5. The van der Waals surface area contributed by atoms with Gasteiger partial charge in [0.1, 0.15) is 0 Å². The molecule has 0 N–H and O–H groups in total. The van der Waals surface area contributed by atoms with Crippen molar-refractivity contribution in [3.8, 4) is 0 Å². The van der Waals surface area contributed by atoms with E-state index in [4.69, 9.17) is 11.6 Å². The zero-order valence-corrected chi connectivity index (χ0v) is 12.8. The first-order chi connectivity index (χ1) is 9.58. The molecule has 4 heteroatoms. The summed E-state index contributed by atoms with van der Waals surface area (Å²) in [6, 6.07) is 13.7. The number of carbonyl (C=O) groups is 1. The van der Waals surface area contributed by atoms with Crippen LogP contribution in [0.2, 0.25) is 5.02 Å². The first-order valence-corrected chi connectivity index (χ1v) is 7.68. The Bertz CT molecular complexity index is 684. The van der Waals surface area contributed by atoms with Gasteiger partial charge in [-0.05, 0) is 30.3 Å². The molecule has 102 valence electrons. The first kappa shape index (κ1) is 13.5. The van der Waals surface area contributed by atoms with Crippen LogP contribution in [0.15, 0.2) is 52.3 Å². The summed E-state index contributed by atoms with van der Waals surface area (Å²) in [5.41, 5.74) is 1.81. The summed E-state index contributed by atoms with van der Waals surface area (Å²) < 4.78 is 0. The van der Waals surface area contributed by atoms with Crippen molar-refractivity contribution in [2.75, 3.05) is 4.90 Å². The molecule has 3 rings (SSSR count). The Morgan fingerprint density at radius 2 is 1.80 bits per heavy atom. The third-order valence-corrected chi connectivity index (χ3v) is 4.57. The molecule has 0 bridgehead atoms. The van der Waals surface area contributed by atoms with Crippen LogP contribution in [0.25, 0.3) is 0 Å². The second-order valence-corrected chi connectivity index (χ2v) is 6.53. The van der Waals surface area contributed by atoms with Gasteiger partial charge in [-0.1, -0.05) is 49.3 Å². The second-order valence-electron chi connectivity index (χ2n) is 5.01. The van der Waals surface area contributed by atoms with Crippen LogP contribution in [-0.4, -0.2) is 5.91 Å². The topological polar surface area (TPSA) is 20.3 Å². The van der Waals surface area contributed by atoms with Crippen LogP contribution in [0.1, 0.15) is 13.8 Å². The number of para-hydroxylation sites is 1. The molecule has 0 fully saturated rings. The van der Waals surface area contributed by atoms with Crippen molar-refractivity contribution in [3.63, 3.8) is 0 Å². The monoisotopic (exact) mass is 303 g/mol. The van der Waals surface area contributed by atoms with Crippen molar-refractivity contribution < 1.29 is 4.79 Å². The normalized spacial score (nSPS) is 13.1. The van der Waals surface area contributed by atoms with Crippen molar-refractivity contribution in [3.05, 3.63) is 47.5 Å². The van der Waals surface area contributed by atoms with Crippen molar-refractivity contribution in [2.45, 2.75) is 23.6 Å². The number of hydrogen-bond donors (Lipinski definition) is 0. The second kappa shape index (κ2) is 5.15. The van der Waals surface area contributed by atoms with Gasteiger partial charge in [0.2, 0.25) is 5.91 Å².